The van der Waals surface area contributed by atoms with Gasteiger partial charge < -0.3 is 10.2 Å². The van der Waals surface area contributed by atoms with Gasteiger partial charge in [-0.15, -0.1) is 0 Å². The summed E-state index contributed by atoms with van der Waals surface area (Å²) in [7, 11) is 0. The Kier molecular flexibility index (Phi) is 5.89. The van der Waals surface area contributed by atoms with Crippen LogP contribution in [0.5, 0.6) is 0 Å². The van der Waals surface area contributed by atoms with Crippen molar-refractivity contribution >= 4 is 17.5 Å². The molecule has 0 spiro atoms. The highest BCUT2D eigenvalue weighted by Gasteiger charge is 2.10. The van der Waals surface area contributed by atoms with E-state index in [4.69, 9.17) is 0 Å². The molecule has 3 aromatic rings. The zero-order chi connectivity index (χ0) is 20.1. The SMILES string of the molecule is CCN(Cc1cccc(NC(=O)c2ccc(-n3nccc3C)cc2)c1)C(C)=O. The van der Waals surface area contributed by atoms with Gasteiger partial charge in [0.15, 0.2) is 0 Å². The van der Waals surface area contributed by atoms with Crippen LogP contribution in [0.1, 0.15) is 35.5 Å². The molecule has 0 unspecified atom stereocenters. The number of aromatic nitrogens is 2. The maximum Gasteiger partial charge on any atom is 0.255 e. The lowest BCUT2D eigenvalue weighted by Crippen LogP contribution is -2.27. The van der Waals surface area contributed by atoms with Crippen LogP contribution in [0, 0.1) is 6.92 Å². The van der Waals surface area contributed by atoms with Crippen LogP contribution in [-0.4, -0.2) is 33.0 Å². The van der Waals surface area contributed by atoms with E-state index in [9.17, 15) is 9.59 Å². The number of nitrogens with zero attached hydrogens (tertiary/aromatic N) is 3. The number of aryl methyl sites for hydroxylation is 1. The Bertz CT molecular complexity index is 976. The van der Waals surface area contributed by atoms with Crippen molar-refractivity contribution in [2.24, 2.45) is 0 Å². The quantitative estimate of drug-likeness (QED) is 0.711. The molecule has 28 heavy (non-hydrogen) atoms. The Balaban J connectivity index is 1.70. The van der Waals surface area contributed by atoms with Crippen LogP contribution in [0.15, 0.2) is 60.8 Å². The van der Waals surface area contributed by atoms with Crippen molar-refractivity contribution in [1.29, 1.82) is 0 Å². The minimum Gasteiger partial charge on any atom is -0.339 e. The van der Waals surface area contributed by atoms with Gasteiger partial charge in [-0.05, 0) is 61.9 Å². The van der Waals surface area contributed by atoms with E-state index in [0.29, 0.717) is 24.3 Å². The molecule has 1 heterocycles. The first-order valence-electron chi connectivity index (χ1n) is 9.25. The predicted molar refractivity (Wildman–Crippen MR) is 109 cm³/mol. The van der Waals surface area contributed by atoms with Crippen LogP contribution < -0.4 is 5.32 Å². The normalized spacial score (nSPS) is 10.5. The van der Waals surface area contributed by atoms with Gasteiger partial charge in [0.1, 0.15) is 0 Å². The number of nitrogens with one attached hydrogen (secondary N) is 1. The molecule has 0 fully saturated rings. The van der Waals surface area contributed by atoms with Gasteiger partial charge in [-0.25, -0.2) is 4.68 Å². The first kappa shape index (κ1) is 19.4. The van der Waals surface area contributed by atoms with E-state index >= 15 is 0 Å². The standard InChI is InChI=1S/C22H24N4O2/c1-4-25(17(3)27)15-18-6-5-7-20(14-18)24-22(28)19-8-10-21(11-9-19)26-16(2)12-13-23-26/h5-14H,4,15H2,1-3H3,(H,24,28). The highest BCUT2D eigenvalue weighted by atomic mass is 16.2. The molecule has 0 saturated carbocycles. The first-order valence-corrected chi connectivity index (χ1v) is 9.25. The van der Waals surface area contributed by atoms with E-state index in [0.717, 1.165) is 16.9 Å². The third-order valence-corrected chi connectivity index (χ3v) is 4.59. The second-order valence-corrected chi connectivity index (χ2v) is 6.62. The summed E-state index contributed by atoms with van der Waals surface area (Å²) in [6.45, 7) is 6.65. The number of rotatable bonds is 6. The molecule has 0 radical (unpaired) electrons. The van der Waals surface area contributed by atoms with Gasteiger partial charge >= 0.3 is 0 Å². The molecule has 1 aromatic heterocycles. The third kappa shape index (κ3) is 4.46. The summed E-state index contributed by atoms with van der Waals surface area (Å²) in [5.74, 6) is -0.149. The van der Waals surface area contributed by atoms with E-state index in [1.54, 1.807) is 30.2 Å². The van der Waals surface area contributed by atoms with Gasteiger partial charge in [-0.1, -0.05) is 12.1 Å². The number of anilines is 1. The summed E-state index contributed by atoms with van der Waals surface area (Å²) < 4.78 is 1.82. The zero-order valence-corrected chi connectivity index (χ0v) is 16.3. The number of hydrogen-bond donors (Lipinski definition) is 1. The maximum absolute atomic E-state index is 12.6. The lowest BCUT2D eigenvalue weighted by Gasteiger charge is -2.19. The van der Waals surface area contributed by atoms with Crippen molar-refractivity contribution in [3.8, 4) is 5.69 Å². The van der Waals surface area contributed by atoms with E-state index in [1.807, 2.05) is 61.0 Å². The van der Waals surface area contributed by atoms with Crippen LogP contribution in [0.3, 0.4) is 0 Å². The van der Waals surface area contributed by atoms with Gasteiger partial charge in [0.2, 0.25) is 5.91 Å². The average molecular weight is 376 g/mol. The summed E-state index contributed by atoms with van der Waals surface area (Å²) in [5, 5.41) is 7.19. The van der Waals surface area contributed by atoms with Crippen LogP contribution in [0.2, 0.25) is 0 Å². The molecule has 0 aliphatic heterocycles. The summed E-state index contributed by atoms with van der Waals surface area (Å²) in [6.07, 6.45) is 1.74. The Morgan fingerprint density at radius 3 is 2.46 bits per heavy atom. The Hall–Kier alpha value is -3.41. The monoisotopic (exact) mass is 376 g/mol. The molecule has 3 rings (SSSR count). The lowest BCUT2D eigenvalue weighted by molar-refractivity contribution is -0.129. The number of carbonyl (C=O) groups excluding carboxylic acids is 2. The van der Waals surface area contributed by atoms with Crippen molar-refractivity contribution in [3.05, 3.63) is 77.6 Å². The zero-order valence-electron chi connectivity index (χ0n) is 16.3. The maximum atomic E-state index is 12.6. The predicted octanol–water partition coefficient (Wildman–Crippen LogP) is 3.80. The summed E-state index contributed by atoms with van der Waals surface area (Å²) >= 11 is 0. The fraction of sp³-hybridized carbons (Fsp3) is 0.227. The largest absolute Gasteiger partial charge is 0.339 e. The van der Waals surface area contributed by atoms with Crippen LogP contribution >= 0.6 is 0 Å². The minimum absolute atomic E-state index is 0.0319. The van der Waals surface area contributed by atoms with Gasteiger partial charge in [-0.2, -0.15) is 5.10 Å². The van der Waals surface area contributed by atoms with Gasteiger partial charge in [0.25, 0.3) is 5.91 Å². The highest BCUT2D eigenvalue weighted by molar-refractivity contribution is 6.04. The fourth-order valence-corrected chi connectivity index (χ4v) is 3.01. The minimum atomic E-state index is -0.181. The fourth-order valence-electron chi connectivity index (χ4n) is 3.01. The first-order chi connectivity index (χ1) is 13.5. The molecule has 144 valence electrons. The van der Waals surface area contributed by atoms with Crippen molar-refractivity contribution in [2.45, 2.75) is 27.3 Å². The van der Waals surface area contributed by atoms with E-state index in [-0.39, 0.29) is 11.8 Å². The second-order valence-electron chi connectivity index (χ2n) is 6.62. The highest BCUT2D eigenvalue weighted by Crippen LogP contribution is 2.16. The Labute approximate surface area is 164 Å². The molecular weight excluding hydrogens is 352 g/mol. The number of amides is 2. The average Bonchev–Trinajstić information content (AvgIpc) is 3.12. The molecule has 0 saturated heterocycles. The van der Waals surface area contributed by atoms with Crippen LogP contribution in [-0.2, 0) is 11.3 Å². The van der Waals surface area contributed by atoms with E-state index < -0.39 is 0 Å². The molecule has 2 amide bonds. The number of benzene rings is 2. The molecule has 1 N–H and O–H groups in total. The van der Waals surface area contributed by atoms with E-state index in [1.165, 1.54) is 0 Å². The summed E-state index contributed by atoms with van der Waals surface area (Å²) in [4.78, 5) is 25.9. The molecular formula is C22H24N4O2. The van der Waals surface area contributed by atoms with Crippen molar-refractivity contribution in [2.75, 3.05) is 11.9 Å². The summed E-state index contributed by atoms with van der Waals surface area (Å²) in [6, 6.07) is 16.8. The Morgan fingerprint density at radius 1 is 1.11 bits per heavy atom. The smallest absolute Gasteiger partial charge is 0.255 e. The number of carbonyl (C=O) groups is 2. The molecule has 6 heteroatoms. The molecule has 0 bridgehead atoms. The lowest BCUT2D eigenvalue weighted by atomic mass is 10.1. The van der Waals surface area contributed by atoms with Gasteiger partial charge in [0, 0.05) is 43.2 Å². The summed E-state index contributed by atoms with van der Waals surface area (Å²) in [5.41, 5.74) is 4.18. The molecule has 2 aromatic carbocycles. The third-order valence-electron chi connectivity index (χ3n) is 4.59. The van der Waals surface area contributed by atoms with Crippen molar-refractivity contribution in [3.63, 3.8) is 0 Å². The van der Waals surface area contributed by atoms with Crippen LogP contribution in [0.25, 0.3) is 5.69 Å². The molecule has 6 nitrogen and oxygen atoms in total. The molecule has 0 aliphatic carbocycles. The topological polar surface area (TPSA) is 67.2 Å². The number of hydrogen-bond acceptors (Lipinski definition) is 3. The van der Waals surface area contributed by atoms with E-state index in [2.05, 4.69) is 10.4 Å². The Morgan fingerprint density at radius 2 is 1.86 bits per heavy atom. The van der Waals surface area contributed by atoms with Crippen LogP contribution in [0.4, 0.5) is 5.69 Å². The van der Waals surface area contributed by atoms with Crippen molar-refractivity contribution in [1.82, 2.24) is 14.7 Å². The van der Waals surface area contributed by atoms with Crippen molar-refractivity contribution < 1.29 is 9.59 Å². The van der Waals surface area contributed by atoms with Gasteiger partial charge in [-0.3, -0.25) is 9.59 Å². The molecule has 0 aliphatic rings. The van der Waals surface area contributed by atoms with Gasteiger partial charge in [0.05, 0.1) is 5.69 Å². The second kappa shape index (κ2) is 8.52. The molecule has 0 atom stereocenters.